The highest BCUT2D eigenvalue weighted by Crippen LogP contribution is 2.29. The third-order valence-electron chi connectivity index (χ3n) is 3.80. The molecule has 2 N–H and O–H groups in total. The van der Waals surface area contributed by atoms with Gasteiger partial charge in [-0.05, 0) is 53.0 Å². The summed E-state index contributed by atoms with van der Waals surface area (Å²) in [5.74, 6) is 0. The summed E-state index contributed by atoms with van der Waals surface area (Å²) in [5, 5.41) is 2.15. The number of thiophene rings is 1. The summed E-state index contributed by atoms with van der Waals surface area (Å²) >= 11 is 1.78. The molecule has 0 fully saturated rings. The number of hydrogen-bond acceptors (Lipinski definition) is 2. The van der Waals surface area contributed by atoms with Gasteiger partial charge < -0.3 is 5.73 Å². The van der Waals surface area contributed by atoms with Gasteiger partial charge in [-0.1, -0.05) is 39.0 Å². The molecule has 2 rings (SSSR count). The molecule has 0 bridgehead atoms. The Morgan fingerprint density at radius 1 is 0.947 bits per heavy atom. The van der Waals surface area contributed by atoms with Crippen LogP contribution in [0.15, 0.2) is 29.6 Å². The third kappa shape index (κ3) is 2.90. The lowest BCUT2D eigenvalue weighted by molar-refractivity contribution is 0.866. The van der Waals surface area contributed by atoms with Gasteiger partial charge in [0.1, 0.15) is 0 Å². The zero-order valence-electron chi connectivity index (χ0n) is 12.1. The maximum atomic E-state index is 6.46. The van der Waals surface area contributed by atoms with Crippen molar-refractivity contribution in [2.45, 2.75) is 46.1 Å². The van der Waals surface area contributed by atoms with Crippen LogP contribution >= 0.6 is 11.3 Å². The van der Waals surface area contributed by atoms with E-state index in [9.17, 15) is 0 Å². The van der Waals surface area contributed by atoms with Crippen molar-refractivity contribution in [1.82, 2.24) is 0 Å². The number of nitrogens with two attached hydrogens (primary N) is 1. The minimum absolute atomic E-state index is 0.0196. The summed E-state index contributed by atoms with van der Waals surface area (Å²) in [4.78, 5) is 1.31. The summed E-state index contributed by atoms with van der Waals surface area (Å²) in [6, 6.07) is 8.95. The Kier molecular flexibility index (Phi) is 4.78. The van der Waals surface area contributed by atoms with E-state index in [4.69, 9.17) is 5.73 Å². The van der Waals surface area contributed by atoms with Gasteiger partial charge in [-0.15, -0.1) is 11.3 Å². The minimum Gasteiger partial charge on any atom is -0.320 e. The topological polar surface area (TPSA) is 26.0 Å². The quantitative estimate of drug-likeness (QED) is 0.854. The summed E-state index contributed by atoms with van der Waals surface area (Å²) in [6.07, 6.45) is 3.23. The van der Waals surface area contributed by atoms with E-state index in [2.05, 4.69) is 50.4 Å². The van der Waals surface area contributed by atoms with Crippen molar-refractivity contribution < 1.29 is 0 Å². The molecule has 0 aliphatic heterocycles. The van der Waals surface area contributed by atoms with Gasteiger partial charge in [0, 0.05) is 4.88 Å². The highest BCUT2D eigenvalue weighted by molar-refractivity contribution is 7.10. The van der Waals surface area contributed by atoms with Gasteiger partial charge in [0.2, 0.25) is 0 Å². The average molecular weight is 273 g/mol. The fourth-order valence-electron chi connectivity index (χ4n) is 2.58. The van der Waals surface area contributed by atoms with Crippen molar-refractivity contribution in [2.24, 2.45) is 5.73 Å². The van der Waals surface area contributed by atoms with E-state index >= 15 is 0 Å². The van der Waals surface area contributed by atoms with Crippen molar-refractivity contribution in [3.8, 4) is 0 Å². The van der Waals surface area contributed by atoms with Gasteiger partial charge in [0.05, 0.1) is 6.04 Å². The Morgan fingerprint density at radius 3 is 2.26 bits per heavy atom. The van der Waals surface area contributed by atoms with Crippen LogP contribution in [0.25, 0.3) is 0 Å². The zero-order valence-corrected chi connectivity index (χ0v) is 12.9. The molecule has 0 amide bonds. The number of hydrogen-bond donors (Lipinski definition) is 1. The molecule has 1 aromatic heterocycles. The Labute approximate surface area is 120 Å². The lowest BCUT2D eigenvalue weighted by Crippen LogP contribution is -2.12. The number of benzene rings is 1. The lowest BCUT2D eigenvalue weighted by atomic mass is 9.95. The minimum atomic E-state index is 0.0196. The second-order valence-electron chi connectivity index (χ2n) is 4.88. The van der Waals surface area contributed by atoms with Gasteiger partial charge >= 0.3 is 0 Å². The molecule has 0 aliphatic rings. The first kappa shape index (κ1) is 14.3. The van der Waals surface area contributed by atoms with E-state index in [1.807, 2.05) is 0 Å². The Morgan fingerprint density at radius 2 is 1.63 bits per heavy atom. The van der Waals surface area contributed by atoms with Crippen LogP contribution in [0.1, 0.15) is 53.9 Å². The molecule has 1 unspecified atom stereocenters. The molecule has 1 heterocycles. The van der Waals surface area contributed by atoms with E-state index < -0.39 is 0 Å². The van der Waals surface area contributed by atoms with Gasteiger partial charge in [0.15, 0.2) is 0 Å². The normalized spacial score (nSPS) is 12.6. The molecule has 19 heavy (non-hydrogen) atoms. The molecule has 0 spiro atoms. The van der Waals surface area contributed by atoms with E-state index in [1.165, 1.54) is 27.1 Å². The maximum Gasteiger partial charge on any atom is 0.0648 e. The van der Waals surface area contributed by atoms with Crippen molar-refractivity contribution >= 4 is 11.3 Å². The highest BCUT2D eigenvalue weighted by Gasteiger charge is 2.15. The molecule has 2 heteroatoms. The van der Waals surface area contributed by atoms with Crippen LogP contribution < -0.4 is 5.73 Å². The molecule has 1 aromatic carbocycles. The fraction of sp³-hybridized carbons (Fsp3) is 0.412. The van der Waals surface area contributed by atoms with Crippen molar-refractivity contribution in [3.05, 3.63) is 56.8 Å². The average Bonchev–Trinajstić information content (AvgIpc) is 2.94. The van der Waals surface area contributed by atoms with Crippen LogP contribution in [0.3, 0.4) is 0 Å². The van der Waals surface area contributed by atoms with Crippen LogP contribution in [0.2, 0.25) is 0 Å². The molecular formula is C17H23NS. The monoisotopic (exact) mass is 273 g/mol. The van der Waals surface area contributed by atoms with Crippen molar-refractivity contribution in [2.75, 3.05) is 0 Å². The second kappa shape index (κ2) is 6.36. The van der Waals surface area contributed by atoms with E-state index in [0.29, 0.717) is 0 Å². The largest absolute Gasteiger partial charge is 0.320 e. The number of rotatable bonds is 5. The fourth-order valence-corrected chi connectivity index (χ4v) is 3.60. The van der Waals surface area contributed by atoms with Crippen LogP contribution in [0, 0.1) is 0 Å². The van der Waals surface area contributed by atoms with Gasteiger partial charge in [-0.2, -0.15) is 0 Å². The van der Waals surface area contributed by atoms with Crippen LogP contribution in [0.5, 0.6) is 0 Å². The predicted octanol–water partition coefficient (Wildman–Crippen LogP) is 4.48. The Balaban J connectivity index is 2.36. The van der Waals surface area contributed by atoms with Crippen molar-refractivity contribution in [3.63, 3.8) is 0 Å². The van der Waals surface area contributed by atoms with Crippen LogP contribution in [-0.4, -0.2) is 0 Å². The highest BCUT2D eigenvalue weighted by atomic mass is 32.1. The van der Waals surface area contributed by atoms with E-state index in [0.717, 1.165) is 19.3 Å². The first-order chi connectivity index (χ1) is 9.21. The molecular weight excluding hydrogens is 250 g/mol. The summed E-state index contributed by atoms with van der Waals surface area (Å²) in [6.45, 7) is 6.62. The second-order valence-corrected chi connectivity index (χ2v) is 5.82. The first-order valence-electron chi connectivity index (χ1n) is 7.14. The number of aryl methyl sites for hydroxylation is 3. The van der Waals surface area contributed by atoms with Crippen LogP contribution in [-0.2, 0) is 19.3 Å². The lowest BCUT2D eigenvalue weighted by Gasteiger charge is -2.15. The molecule has 0 radical (unpaired) electrons. The molecule has 0 saturated heterocycles. The molecule has 102 valence electrons. The van der Waals surface area contributed by atoms with Crippen molar-refractivity contribution in [1.29, 1.82) is 0 Å². The van der Waals surface area contributed by atoms with Gasteiger partial charge in [-0.3, -0.25) is 0 Å². The Hall–Kier alpha value is -1.12. The van der Waals surface area contributed by atoms with Gasteiger partial charge in [-0.25, -0.2) is 0 Å². The third-order valence-corrected chi connectivity index (χ3v) is 4.84. The van der Waals surface area contributed by atoms with E-state index in [1.54, 1.807) is 11.3 Å². The standard InChI is InChI=1S/C17H23NS/c1-4-12-7-8-15(11-14(12)6-3)16(18)17-13(5-2)9-10-19-17/h7-11,16H,4-6,18H2,1-3H3. The zero-order chi connectivity index (χ0) is 13.8. The van der Waals surface area contributed by atoms with Crippen LogP contribution in [0.4, 0.5) is 0 Å². The molecule has 1 atom stereocenters. The molecule has 2 aromatic rings. The van der Waals surface area contributed by atoms with Gasteiger partial charge in [0.25, 0.3) is 0 Å². The molecule has 0 aliphatic carbocycles. The Bertz CT molecular complexity index is 542. The van der Waals surface area contributed by atoms with E-state index in [-0.39, 0.29) is 6.04 Å². The summed E-state index contributed by atoms with van der Waals surface area (Å²) < 4.78 is 0. The SMILES string of the molecule is CCc1ccc(C(N)c2sccc2CC)cc1CC. The predicted molar refractivity (Wildman–Crippen MR) is 84.9 cm³/mol. The molecule has 0 saturated carbocycles. The summed E-state index contributed by atoms with van der Waals surface area (Å²) in [7, 11) is 0. The first-order valence-corrected chi connectivity index (χ1v) is 8.02. The molecule has 1 nitrogen and oxygen atoms in total. The smallest absolute Gasteiger partial charge is 0.0648 e. The summed E-state index contributed by atoms with van der Waals surface area (Å²) in [5.41, 5.74) is 12.0. The maximum absolute atomic E-state index is 6.46.